The molecule has 0 radical (unpaired) electrons. The number of alkyl halides is 2. The summed E-state index contributed by atoms with van der Waals surface area (Å²) in [5, 5.41) is 2.94. The van der Waals surface area contributed by atoms with Crippen LogP contribution < -0.4 is 10.1 Å². The molecule has 0 amide bonds. The van der Waals surface area contributed by atoms with Gasteiger partial charge in [0.1, 0.15) is 5.75 Å². The van der Waals surface area contributed by atoms with E-state index < -0.39 is 12.0 Å². The minimum atomic E-state index is -2.79. The van der Waals surface area contributed by atoms with Crippen molar-refractivity contribution in [1.29, 1.82) is 0 Å². The van der Waals surface area contributed by atoms with E-state index in [1.54, 1.807) is 12.1 Å². The normalized spacial score (nSPS) is 23.6. The molecule has 1 atom stereocenters. The maximum Gasteiger partial charge on any atom is 0.288 e. The van der Waals surface area contributed by atoms with Crippen molar-refractivity contribution in [2.45, 2.75) is 37.6 Å². The van der Waals surface area contributed by atoms with Gasteiger partial charge in [-0.1, -0.05) is 6.42 Å². The van der Waals surface area contributed by atoms with Crippen LogP contribution in [-0.4, -0.2) is 19.2 Å². The van der Waals surface area contributed by atoms with Crippen molar-refractivity contribution in [3.63, 3.8) is 0 Å². The van der Waals surface area contributed by atoms with Crippen LogP contribution in [-0.2, 0) is 12.3 Å². The van der Waals surface area contributed by atoms with Crippen molar-refractivity contribution in [2.75, 3.05) is 13.2 Å². The van der Waals surface area contributed by atoms with E-state index in [0.29, 0.717) is 19.6 Å². The van der Waals surface area contributed by atoms with Gasteiger partial charge in [0.25, 0.3) is 5.92 Å². The lowest BCUT2D eigenvalue weighted by atomic mass is 9.92. The standard InChI is InChI=1S/C14H17F2NO/c15-14(16,13-3-1-2-7-17-13)11-4-5-12-10(9-11)6-8-18-12/h4-5,9,13,17H,1-3,6-8H2. The molecule has 1 aromatic rings. The first kappa shape index (κ1) is 11.9. The van der Waals surface area contributed by atoms with Gasteiger partial charge in [-0.3, -0.25) is 0 Å². The molecule has 1 aromatic carbocycles. The van der Waals surface area contributed by atoms with Gasteiger partial charge in [0, 0.05) is 12.0 Å². The maximum atomic E-state index is 14.4. The van der Waals surface area contributed by atoms with E-state index in [2.05, 4.69) is 5.32 Å². The number of fused-ring (bicyclic) bond motifs is 1. The Morgan fingerprint density at radius 1 is 1.28 bits per heavy atom. The zero-order chi connectivity index (χ0) is 12.6. The summed E-state index contributed by atoms with van der Waals surface area (Å²) in [6, 6.07) is 4.06. The molecule has 0 bridgehead atoms. The molecule has 2 aliphatic heterocycles. The van der Waals surface area contributed by atoms with Crippen molar-refractivity contribution < 1.29 is 13.5 Å². The van der Waals surface area contributed by atoms with Crippen molar-refractivity contribution in [3.05, 3.63) is 29.3 Å². The number of benzene rings is 1. The predicted octanol–water partition coefficient (Wildman–Crippen LogP) is 2.86. The lowest BCUT2D eigenvalue weighted by Crippen LogP contribution is -2.45. The molecular weight excluding hydrogens is 236 g/mol. The monoisotopic (exact) mass is 253 g/mol. The van der Waals surface area contributed by atoms with Crippen molar-refractivity contribution in [2.24, 2.45) is 0 Å². The molecule has 1 unspecified atom stereocenters. The minimum Gasteiger partial charge on any atom is -0.493 e. The molecule has 0 saturated carbocycles. The van der Waals surface area contributed by atoms with Crippen LogP contribution >= 0.6 is 0 Å². The second-order valence-corrected chi connectivity index (χ2v) is 5.05. The Hall–Kier alpha value is -1.16. The van der Waals surface area contributed by atoms with E-state index in [-0.39, 0.29) is 5.56 Å². The fourth-order valence-electron chi connectivity index (χ4n) is 2.76. The van der Waals surface area contributed by atoms with Crippen LogP contribution in [0.4, 0.5) is 8.78 Å². The molecule has 1 fully saturated rings. The molecule has 18 heavy (non-hydrogen) atoms. The fourth-order valence-corrected chi connectivity index (χ4v) is 2.76. The van der Waals surface area contributed by atoms with Gasteiger partial charge in [-0.25, -0.2) is 0 Å². The van der Waals surface area contributed by atoms with Crippen molar-refractivity contribution in [1.82, 2.24) is 5.32 Å². The highest BCUT2D eigenvalue weighted by molar-refractivity contribution is 5.41. The highest BCUT2D eigenvalue weighted by Crippen LogP contribution is 2.38. The van der Waals surface area contributed by atoms with Gasteiger partial charge < -0.3 is 10.1 Å². The first-order chi connectivity index (χ1) is 8.68. The third kappa shape index (κ3) is 1.99. The van der Waals surface area contributed by atoms with Gasteiger partial charge in [-0.2, -0.15) is 8.78 Å². The Balaban J connectivity index is 1.87. The summed E-state index contributed by atoms with van der Waals surface area (Å²) in [4.78, 5) is 0. The summed E-state index contributed by atoms with van der Waals surface area (Å²) in [5.74, 6) is -2.04. The summed E-state index contributed by atoms with van der Waals surface area (Å²) >= 11 is 0. The maximum absolute atomic E-state index is 14.4. The number of hydrogen-bond acceptors (Lipinski definition) is 2. The summed E-state index contributed by atoms with van der Waals surface area (Å²) in [6.07, 6.45) is 3.14. The Morgan fingerprint density at radius 2 is 2.17 bits per heavy atom. The lowest BCUT2D eigenvalue weighted by Gasteiger charge is -2.31. The topological polar surface area (TPSA) is 21.3 Å². The quantitative estimate of drug-likeness (QED) is 0.875. The van der Waals surface area contributed by atoms with Crippen LogP contribution in [0.15, 0.2) is 18.2 Å². The van der Waals surface area contributed by atoms with Gasteiger partial charge in [-0.15, -0.1) is 0 Å². The zero-order valence-electron chi connectivity index (χ0n) is 10.2. The minimum absolute atomic E-state index is 0.117. The van der Waals surface area contributed by atoms with E-state index >= 15 is 0 Å². The molecule has 2 heterocycles. The van der Waals surface area contributed by atoms with E-state index in [1.807, 2.05) is 0 Å². The average molecular weight is 253 g/mol. The number of hydrogen-bond donors (Lipinski definition) is 1. The summed E-state index contributed by atoms with van der Waals surface area (Å²) in [5.41, 5.74) is 1.02. The average Bonchev–Trinajstić information content (AvgIpc) is 2.87. The van der Waals surface area contributed by atoms with E-state index in [0.717, 1.165) is 30.6 Å². The van der Waals surface area contributed by atoms with Crippen LogP contribution in [0.25, 0.3) is 0 Å². The number of halogens is 2. The SMILES string of the molecule is FC(F)(c1ccc2c(c1)CCO2)C1CCCCN1. The third-order valence-electron chi connectivity index (χ3n) is 3.82. The van der Waals surface area contributed by atoms with Crippen LogP contribution in [0.5, 0.6) is 5.75 Å². The molecule has 1 saturated heterocycles. The second-order valence-electron chi connectivity index (χ2n) is 5.05. The van der Waals surface area contributed by atoms with Gasteiger partial charge in [0.15, 0.2) is 0 Å². The third-order valence-corrected chi connectivity index (χ3v) is 3.82. The van der Waals surface area contributed by atoms with Gasteiger partial charge >= 0.3 is 0 Å². The Morgan fingerprint density at radius 3 is 2.94 bits per heavy atom. The number of nitrogens with one attached hydrogen (secondary N) is 1. The van der Waals surface area contributed by atoms with Crippen LogP contribution in [0.3, 0.4) is 0 Å². The first-order valence-corrected chi connectivity index (χ1v) is 6.55. The first-order valence-electron chi connectivity index (χ1n) is 6.55. The summed E-state index contributed by atoms with van der Waals surface area (Å²) in [6.45, 7) is 1.29. The summed E-state index contributed by atoms with van der Waals surface area (Å²) in [7, 11) is 0. The van der Waals surface area contributed by atoms with Crippen LogP contribution in [0.2, 0.25) is 0 Å². The Labute approximate surface area is 105 Å². The second kappa shape index (κ2) is 4.50. The Bertz CT molecular complexity index is 441. The molecule has 0 spiro atoms. The molecule has 98 valence electrons. The molecule has 4 heteroatoms. The number of rotatable bonds is 2. The molecule has 2 aliphatic rings. The van der Waals surface area contributed by atoms with Gasteiger partial charge in [0.05, 0.1) is 12.6 Å². The molecule has 1 N–H and O–H groups in total. The number of ether oxygens (including phenoxy) is 1. The van der Waals surface area contributed by atoms with Crippen LogP contribution in [0, 0.1) is 0 Å². The van der Waals surface area contributed by atoms with Gasteiger partial charge in [-0.05, 0) is 43.1 Å². The van der Waals surface area contributed by atoms with Crippen LogP contribution in [0.1, 0.15) is 30.4 Å². The van der Waals surface area contributed by atoms with E-state index in [1.165, 1.54) is 6.07 Å². The Kier molecular flexibility index (Phi) is 2.98. The molecule has 2 nitrogen and oxygen atoms in total. The zero-order valence-corrected chi connectivity index (χ0v) is 10.2. The molecular formula is C14H17F2NO. The van der Waals surface area contributed by atoms with Crippen molar-refractivity contribution in [3.8, 4) is 5.75 Å². The molecule has 0 aliphatic carbocycles. The fraction of sp³-hybridized carbons (Fsp3) is 0.571. The van der Waals surface area contributed by atoms with Crippen molar-refractivity contribution >= 4 is 0 Å². The van der Waals surface area contributed by atoms with Gasteiger partial charge in [0.2, 0.25) is 0 Å². The summed E-state index contributed by atoms with van der Waals surface area (Å²) < 4.78 is 34.2. The highest BCUT2D eigenvalue weighted by atomic mass is 19.3. The predicted molar refractivity (Wildman–Crippen MR) is 65.2 cm³/mol. The lowest BCUT2D eigenvalue weighted by molar-refractivity contribution is -0.0512. The largest absolute Gasteiger partial charge is 0.493 e. The molecule has 3 rings (SSSR count). The smallest absolute Gasteiger partial charge is 0.288 e. The highest BCUT2D eigenvalue weighted by Gasteiger charge is 2.42. The number of piperidine rings is 1. The van der Waals surface area contributed by atoms with E-state index in [4.69, 9.17) is 4.74 Å². The van der Waals surface area contributed by atoms with E-state index in [9.17, 15) is 8.78 Å². The molecule has 0 aromatic heterocycles.